The van der Waals surface area contributed by atoms with E-state index in [9.17, 15) is 18.3 Å². The third-order valence-electron chi connectivity index (χ3n) is 7.69. The molecular weight excluding hydrogens is 531 g/mol. The molecule has 0 heterocycles. The topological polar surface area (TPSA) is 32.6 Å². The second kappa shape index (κ2) is 11.5. The summed E-state index contributed by atoms with van der Waals surface area (Å²) < 4.78 is 42.5. The normalized spacial score (nSPS) is 12.1. The molecule has 1 N–H and O–H groups in total. The molecule has 0 saturated carbocycles. The van der Waals surface area contributed by atoms with Gasteiger partial charge in [0.15, 0.2) is 0 Å². The van der Waals surface area contributed by atoms with Gasteiger partial charge in [-0.25, -0.2) is 0 Å². The van der Waals surface area contributed by atoms with Crippen LogP contribution in [0.2, 0.25) is 0 Å². The van der Waals surface area contributed by atoms with Crippen molar-refractivity contribution in [1.29, 1.82) is 0 Å². The highest BCUT2D eigenvalue weighted by atomic mass is 19.4. The number of benzene rings is 6. The Labute approximate surface area is 242 Å². The largest absolute Gasteiger partial charge is 0.507 e. The van der Waals surface area contributed by atoms with E-state index in [2.05, 4.69) is 29.3 Å². The van der Waals surface area contributed by atoms with E-state index in [1.165, 1.54) is 6.21 Å². The summed E-state index contributed by atoms with van der Waals surface area (Å²) >= 11 is 0. The van der Waals surface area contributed by atoms with Crippen LogP contribution in [-0.2, 0) is 6.18 Å². The fraction of sp³-hybridized carbons (Fsp3) is 0.108. The Kier molecular flexibility index (Phi) is 7.49. The van der Waals surface area contributed by atoms with Crippen LogP contribution in [0.4, 0.5) is 13.2 Å². The van der Waals surface area contributed by atoms with Crippen molar-refractivity contribution in [3.63, 3.8) is 0 Å². The van der Waals surface area contributed by atoms with Crippen LogP contribution in [0.1, 0.15) is 34.6 Å². The van der Waals surface area contributed by atoms with Crippen molar-refractivity contribution in [3.8, 4) is 16.9 Å². The average Bonchev–Trinajstić information content (AvgIpc) is 3.01. The van der Waals surface area contributed by atoms with Gasteiger partial charge in [0.05, 0.1) is 5.56 Å². The van der Waals surface area contributed by atoms with E-state index >= 15 is 0 Å². The predicted octanol–water partition coefficient (Wildman–Crippen LogP) is 10.0. The van der Waals surface area contributed by atoms with Crippen LogP contribution in [0.5, 0.6) is 5.75 Å². The molecular formula is C37H28F3NO. The lowest BCUT2D eigenvalue weighted by Gasteiger charge is -2.18. The number of hydrogen-bond donors (Lipinski definition) is 1. The number of hydrogen-bond acceptors (Lipinski definition) is 2. The molecule has 0 spiro atoms. The van der Waals surface area contributed by atoms with Gasteiger partial charge in [-0.15, -0.1) is 0 Å². The molecule has 6 aromatic carbocycles. The van der Waals surface area contributed by atoms with Crippen molar-refractivity contribution >= 4 is 27.8 Å². The maximum Gasteiger partial charge on any atom is 0.416 e. The van der Waals surface area contributed by atoms with E-state index in [0.29, 0.717) is 18.5 Å². The van der Waals surface area contributed by atoms with Gasteiger partial charge in [0.25, 0.3) is 0 Å². The summed E-state index contributed by atoms with van der Waals surface area (Å²) in [6.07, 6.45) is -2.57. The summed E-state index contributed by atoms with van der Waals surface area (Å²) in [5, 5.41) is 14.8. The van der Waals surface area contributed by atoms with Gasteiger partial charge in [-0.05, 0) is 57.3 Å². The Morgan fingerprint density at radius 2 is 1.19 bits per heavy atom. The minimum Gasteiger partial charge on any atom is -0.507 e. The van der Waals surface area contributed by atoms with Crippen molar-refractivity contribution in [2.24, 2.45) is 4.99 Å². The third-order valence-corrected chi connectivity index (χ3v) is 7.69. The molecule has 6 aromatic rings. The van der Waals surface area contributed by atoms with Crippen molar-refractivity contribution < 1.29 is 18.3 Å². The molecule has 2 nitrogen and oxygen atoms in total. The Morgan fingerprint density at radius 1 is 0.667 bits per heavy atom. The van der Waals surface area contributed by atoms with Crippen LogP contribution in [0.25, 0.3) is 32.7 Å². The molecule has 0 aromatic heterocycles. The molecule has 0 saturated heterocycles. The van der Waals surface area contributed by atoms with E-state index in [0.717, 1.165) is 44.8 Å². The van der Waals surface area contributed by atoms with Gasteiger partial charge in [-0.2, -0.15) is 13.2 Å². The molecule has 0 amide bonds. The number of halogens is 3. The zero-order chi connectivity index (χ0) is 29.1. The quantitative estimate of drug-likeness (QED) is 0.153. The maximum atomic E-state index is 14.2. The molecule has 0 unspecified atom stereocenters. The van der Waals surface area contributed by atoms with Crippen LogP contribution in [-0.4, -0.2) is 17.9 Å². The molecule has 0 fully saturated rings. The van der Waals surface area contributed by atoms with Crippen LogP contribution in [0, 0.1) is 0 Å². The van der Waals surface area contributed by atoms with Gasteiger partial charge in [-0.1, -0.05) is 109 Å². The van der Waals surface area contributed by atoms with Crippen LogP contribution >= 0.6 is 0 Å². The highest BCUT2D eigenvalue weighted by Crippen LogP contribution is 2.44. The van der Waals surface area contributed by atoms with Gasteiger partial charge in [0.2, 0.25) is 0 Å². The highest BCUT2D eigenvalue weighted by Gasteiger charge is 2.33. The Balaban J connectivity index is 1.41. The second-order valence-electron chi connectivity index (χ2n) is 10.4. The molecule has 42 heavy (non-hydrogen) atoms. The molecule has 0 radical (unpaired) electrons. The van der Waals surface area contributed by atoms with E-state index in [1.54, 1.807) is 0 Å². The van der Waals surface area contributed by atoms with Crippen LogP contribution in [0.3, 0.4) is 0 Å². The number of aliphatic imine (C=N–C) groups is 1. The first-order valence-electron chi connectivity index (χ1n) is 13.8. The number of fused-ring (bicyclic) bond motifs is 2. The summed E-state index contributed by atoms with van der Waals surface area (Å²) in [7, 11) is 0. The fourth-order valence-electron chi connectivity index (χ4n) is 5.68. The van der Waals surface area contributed by atoms with Crippen molar-refractivity contribution in [1.82, 2.24) is 0 Å². The average molecular weight is 560 g/mol. The van der Waals surface area contributed by atoms with E-state index in [-0.39, 0.29) is 22.8 Å². The maximum absolute atomic E-state index is 14.2. The highest BCUT2D eigenvalue weighted by molar-refractivity contribution is 6.14. The van der Waals surface area contributed by atoms with Gasteiger partial charge < -0.3 is 5.11 Å². The first-order valence-corrected chi connectivity index (χ1v) is 13.8. The smallest absolute Gasteiger partial charge is 0.416 e. The molecule has 0 atom stereocenters. The lowest BCUT2D eigenvalue weighted by Crippen LogP contribution is -2.07. The predicted molar refractivity (Wildman–Crippen MR) is 165 cm³/mol. The zero-order valence-electron chi connectivity index (χ0n) is 22.7. The minimum absolute atomic E-state index is 0.0350. The lowest BCUT2D eigenvalue weighted by molar-refractivity contribution is -0.137. The van der Waals surface area contributed by atoms with Crippen LogP contribution in [0.15, 0.2) is 132 Å². The molecule has 0 aliphatic carbocycles. The van der Waals surface area contributed by atoms with Crippen LogP contribution < -0.4 is 0 Å². The summed E-state index contributed by atoms with van der Waals surface area (Å²) in [6.45, 7) is 0.372. The standard InChI is InChI=1S/C37H28F3NO/c38-37(39,40)30-22-29(24-41-20-19-31(25-11-3-1-4-12-25)26-13-5-2-6-14-26)36(42)34(23-30)35-32-17-9-7-15-27(32)21-28-16-8-10-18-33(28)35/h1-18,21-24,31,42H,19-20H2. The summed E-state index contributed by atoms with van der Waals surface area (Å²) in [4.78, 5) is 4.52. The molecule has 0 bridgehead atoms. The van der Waals surface area contributed by atoms with E-state index in [1.807, 2.05) is 91.0 Å². The zero-order valence-corrected chi connectivity index (χ0v) is 22.7. The number of aromatic hydroxyl groups is 1. The number of phenols is 1. The number of nitrogens with zero attached hydrogens (tertiary/aromatic N) is 1. The Morgan fingerprint density at radius 3 is 1.74 bits per heavy atom. The summed E-state index contributed by atoms with van der Waals surface area (Å²) in [5.74, 6) is -0.145. The SMILES string of the molecule is Oc1c(C=NCCC(c2ccccc2)c2ccccc2)cc(C(F)(F)F)cc1-c1c2ccccc2cc2ccccc12. The fourth-order valence-corrected chi connectivity index (χ4v) is 5.68. The summed E-state index contributed by atoms with van der Waals surface area (Å²) in [6, 6.07) is 39.3. The van der Waals surface area contributed by atoms with Gasteiger partial charge in [-0.3, -0.25) is 4.99 Å². The first kappa shape index (κ1) is 27.3. The van der Waals surface area contributed by atoms with E-state index in [4.69, 9.17) is 0 Å². The van der Waals surface area contributed by atoms with Crippen molar-refractivity contribution in [2.45, 2.75) is 18.5 Å². The number of rotatable bonds is 7. The van der Waals surface area contributed by atoms with Gasteiger partial charge >= 0.3 is 6.18 Å². The second-order valence-corrected chi connectivity index (χ2v) is 10.4. The van der Waals surface area contributed by atoms with Crippen molar-refractivity contribution in [2.75, 3.05) is 6.54 Å². The Bertz CT molecular complexity index is 1790. The third kappa shape index (κ3) is 5.51. The number of phenolic OH excluding ortho intramolecular Hbond substituents is 1. The molecule has 0 aliphatic rings. The lowest BCUT2D eigenvalue weighted by atomic mass is 9.88. The molecule has 6 rings (SSSR count). The molecule has 0 aliphatic heterocycles. The van der Waals surface area contributed by atoms with Crippen molar-refractivity contribution in [3.05, 3.63) is 150 Å². The minimum atomic E-state index is -4.60. The first-order chi connectivity index (χ1) is 20.4. The van der Waals surface area contributed by atoms with Gasteiger partial charge in [0, 0.05) is 35.4 Å². The molecule has 208 valence electrons. The Hall–Kier alpha value is -4.90. The van der Waals surface area contributed by atoms with E-state index < -0.39 is 11.7 Å². The number of alkyl halides is 3. The monoisotopic (exact) mass is 559 g/mol. The molecule has 5 heteroatoms. The summed E-state index contributed by atoms with van der Waals surface area (Å²) in [5.41, 5.74) is 2.19. The van der Waals surface area contributed by atoms with Gasteiger partial charge in [0.1, 0.15) is 5.75 Å².